The summed E-state index contributed by atoms with van der Waals surface area (Å²) in [6, 6.07) is 24.0. The fourth-order valence-electron chi connectivity index (χ4n) is 3.09. The van der Waals surface area contributed by atoms with Gasteiger partial charge in [-0.3, -0.25) is 9.59 Å². The first-order valence-electron chi connectivity index (χ1n) is 10.8. The monoisotopic (exact) mass is 431 g/mol. The van der Waals surface area contributed by atoms with Crippen LogP contribution in [0.5, 0.6) is 5.75 Å². The van der Waals surface area contributed by atoms with Gasteiger partial charge in [-0.25, -0.2) is 0 Å². The van der Waals surface area contributed by atoms with Crippen LogP contribution in [0, 0.1) is 0 Å². The highest BCUT2D eigenvalue weighted by Gasteiger charge is 2.11. The van der Waals surface area contributed by atoms with E-state index in [0.29, 0.717) is 17.9 Å². The molecule has 1 atom stereocenters. The molecule has 6 heteroatoms. The van der Waals surface area contributed by atoms with Gasteiger partial charge in [0.05, 0.1) is 19.2 Å². The number of rotatable bonds is 10. The fraction of sp³-hybridized carbons (Fsp3) is 0.231. The number of ether oxygens (including phenoxy) is 1. The molecule has 0 aromatic heterocycles. The van der Waals surface area contributed by atoms with Crippen LogP contribution in [0.2, 0.25) is 0 Å². The number of amides is 2. The second-order valence-electron chi connectivity index (χ2n) is 7.46. The van der Waals surface area contributed by atoms with Gasteiger partial charge in [-0.05, 0) is 67.4 Å². The number of carbonyl (C=O) groups excluding carboxylic acids is 2. The zero-order valence-electron chi connectivity index (χ0n) is 18.4. The van der Waals surface area contributed by atoms with Crippen molar-refractivity contribution in [1.82, 2.24) is 5.32 Å². The fourth-order valence-corrected chi connectivity index (χ4v) is 3.09. The predicted octanol–water partition coefficient (Wildman–Crippen LogP) is 5.02. The van der Waals surface area contributed by atoms with E-state index in [4.69, 9.17) is 4.74 Å². The van der Waals surface area contributed by atoms with Gasteiger partial charge in [-0.1, -0.05) is 37.3 Å². The van der Waals surface area contributed by atoms with Crippen molar-refractivity contribution in [2.24, 2.45) is 0 Å². The summed E-state index contributed by atoms with van der Waals surface area (Å²) in [5, 5.41) is 8.89. The Morgan fingerprint density at radius 1 is 0.875 bits per heavy atom. The summed E-state index contributed by atoms with van der Waals surface area (Å²) in [7, 11) is 0. The van der Waals surface area contributed by atoms with Crippen LogP contribution in [0.15, 0.2) is 78.9 Å². The molecule has 3 rings (SSSR count). The van der Waals surface area contributed by atoms with Crippen molar-refractivity contribution in [3.05, 3.63) is 90.0 Å². The lowest BCUT2D eigenvalue weighted by Crippen LogP contribution is -2.26. The largest absolute Gasteiger partial charge is 0.494 e. The van der Waals surface area contributed by atoms with E-state index in [2.05, 4.69) is 22.9 Å². The molecule has 0 bridgehead atoms. The smallest absolute Gasteiger partial charge is 0.251 e. The third-order valence-corrected chi connectivity index (χ3v) is 4.86. The third-order valence-electron chi connectivity index (χ3n) is 4.86. The second-order valence-corrected chi connectivity index (χ2v) is 7.46. The van der Waals surface area contributed by atoms with Gasteiger partial charge in [0, 0.05) is 16.9 Å². The van der Waals surface area contributed by atoms with E-state index in [9.17, 15) is 9.59 Å². The van der Waals surface area contributed by atoms with Gasteiger partial charge in [0.1, 0.15) is 5.75 Å². The molecule has 0 spiro atoms. The second kappa shape index (κ2) is 11.6. The van der Waals surface area contributed by atoms with Crippen LogP contribution in [-0.4, -0.2) is 25.0 Å². The van der Waals surface area contributed by atoms with Crippen LogP contribution < -0.4 is 20.7 Å². The molecule has 0 saturated heterocycles. The maximum absolute atomic E-state index is 12.5. The summed E-state index contributed by atoms with van der Waals surface area (Å²) >= 11 is 0. The first kappa shape index (κ1) is 22.9. The number of anilines is 2. The molecule has 1 unspecified atom stereocenters. The van der Waals surface area contributed by atoms with E-state index >= 15 is 0 Å². The lowest BCUT2D eigenvalue weighted by molar-refractivity contribution is -0.114. The lowest BCUT2D eigenvalue weighted by Gasteiger charge is -2.14. The van der Waals surface area contributed by atoms with Crippen molar-refractivity contribution in [1.29, 1.82) is 0 Å². The Hall–Kier alpha value is -3.80. The van der Waals surface area contributed by atoms with E-state index in [1.165, 1.54) is 0 Å². The highest BCUT2D eigenvalue weighted by molar-refractivity contribution is 5.96. The van der Waals surface area contributed by atoms with E-state index in [1.807, 2.05) is 61.5 Å². The third kappa shape index (κ3) is 6.87. The topological polar surface area (TPSA) is 79.5 Å². The molecule has 0 radical (unpaired) electrons. The van der Waals surface area contributed by atoms with Crippen LogP contribution in [0.4, 0.5) is 11.4 Å². The average molecular weight is 432 g/mol. The Bertz CT molecular complexity index is 1000. The Labute approximate surface area is 189 Å². The highest BCUT2D eigenvalue weighted by atomic mass is 16.5. The van der Waals surface area contributed by atoms with E-state index in [0.717, 1.165) is 23.4 Å². The number of hydrogen-bond acceptors (Lipinski definition) is 4. The van der Waals surface area contributed by atoms with Crippen LogP contribution >= 0.6 is 0 Å². The van der Waals surface area contributed by atoms with Crippen molar-refractivity contribution < 1.29 is 14.3 Å². The molecule has 3 aromatic carbocycles. The molecule has 0 fully saturated rings. The van der Waals surface area contributed by atoms with Gasteiger partial charge in [0.25, 0.3) is 5.91 Å². The molecule has 0 heterocycles. The normalized spacial score (nSPS) is 11.3. The van der Waals surface area contributed by atoms with E-state index in [-0.39, 0.29) is 24.4 Å². The van der Waals surface area contributed by atoms with Gasteiger partial charge < -0.3 is 20.7 Å². The summed E-state index contributed by atoms with van der Waals surface area (Å²) in [6.07, 6.45) is 0.957. The molecule has 166 valence electrons. The van der Waals surface area contributed by atoms with Crippen molar-refractivity contribution in [2.45, 2.75) is 26.3 Å². The van der Waals surface area contributed by atoms with Crippen LogP contribution in [0.1, 0.15) is 42.2 Å². The van der Waals surface area contributed by atoms with Gasteiger partial charge >= 0.3 is 0 Å². The molecule has 32 heavy (non-hydrogen) atoms. The van der Waals surface area contributed by atoms with Crippen molar-refractivity contribution in [3.63, 3.8) is 0 Å². The van der Waals surface area contributed by atoms with Crippen LogP contribution in [0.3, 0.4) is 0 Å². The average Bonchev–Trinajstić information content (AvgIpc) is 2.83. The summed E-state index contributed by atoms with van der Waals surface area (Å²) in [5.74, 6) is 0.475. The summed E-state index contributed by atoms with van der Waals surface area (Å²) in [4.78, 5) is 24.7. The Balaban J connectivity index is 1.46. The maximum atomic E-state index is 12.5. The molecule has 6 nitrogen and oxygen atoms in total. The van der Waals surface area contributed by atoms with Gasteiger partial charge in [-0.15, -0.1) is 0 Å². The number of nitrogens with one attached hydrogen (secondary N) is 3. The van der Waals surface area contributed by atoms with Crippen LogP contribution in [-0.2, 0) is 4.79 Å². The van der Waals surface area contributed by atoms with Crippen LogP contribution in [0.25, 0.3) is 0 Å². The standard InChI is InChI=1S/C26H29N3O3/c1-3-17-32-24-15-13-22(14-16-24)27-18-25(30)29-23-11-9-21(10-12-23)26(31)28-19(2)20-7-5-4-6-8-20/h4-16,19,27H,3,17-18H2,1-2H3,(H,28,31)(H,29,30). The summed E-state index contributed by atoms with van der Waals surface area (Å²) < 4.78 is 5.55. The van der Waals surface area contributed by atoms with Crippen molar-refractivity contribution >= 4 is 23.2 Å². The quantitative estimate of drug-likeness (QED) is 0.421. The van der Waals surface area contributed by atoms with E-state index < -0.39 is 0 Å². The zero-order valence-corrected chi connectivity index (χ0v) is 18.4. The molecule has 0 aliphatic heterocycles. The zero-order chi connectivity index (χ0) is 22.8. The van der Waals surface area contributed by atoms with Crippen molar-refractivity contribution in [2.75, 3.05) is 23.8 Å². The maximum Gasteiger partial charge on any atom is 0.251 e. The number of benzene rings is 3. The Morgan fingerprint density at radius 2 is 1.53 bits per heavy atom. The number of carbonyl (C=O) groups is 2. The molecule has 3 N–H and O–H groups in total. The summed E-state index contributed by atoms with van der Waals surface area (Å²) in [6.45, 7) is 4.82. The lowest BCUT2D eigenvalue weighted by atomic mass is 10.1. The van der Waals surface area contributed by atoms with E-state index in [1.54, 1.807) is 24.3 Å². The Kier molecular flexibility index (Phi) is 8.26. The first-order valence-corrected chi connectivity index (χ1v) is 10.8. The van der Waals surface area contributed by atoms with Gasteiger partial charge in [0.15, 0.2) is 0 Å². The summed E-state index contributed by atoms with van der Waals surface area (Å²) in [5.41, 5.74) is 3.05. The SMILES string of the molecule is CCCOc1ccc(NCC(=O)Nc2ccc(C(=O)NC(C)c3ccccc3)cc2)cc1. The first-order chi connectivity index (χ1) is 15.5. The van der Waals surface area contributed by atoms with Gasteiger partial charge in [0.2, 0.25) is 5.91 Å². The Morgan fingerprint density at radius 3 is 2.19 bits per heavy atom. The van der Waals surface area contributed by atoms with Gasteiger partial charge in [-0.2, -0.15) is 0 Å². The van der Waals surface area contributed by atoms with Crippen molar-refractivity contribution in [3.8, 4) is 5.75 Å². The molecule has 0 aliphatic rings. The predicted molar refractivity (Wildman–Crippen MR) is 128 cm³/mol. The molecule has 3 aromatic rings. The minimum Gasteiger partial charge on any atom is -0.494 e. The molecule has 0 aliphatic carbocycles. The minimum absolute atomic E-state index is 0.0959. The molecular formula is C26H29N3O3. The highest BCUT2D eigenvalue weighted by Crippen LogP contribution is 2.16. The minimum atomic E-state index is -0.175. The molecule has 2 amide bonds. The molecule has 0 saturated carbocycles. The number of hydrogen-bond donors (Lipinski definition) is 3. The molecular weight excluding hydrogens is 402 g/mol.